The number of nitrogens with zero attached hydrogens (tertiary/aromatic N) is 3. The molecule has 1 aliphatic carbocycles. The number of H-pyrrole nitrogens is 1. The fourth-order valence-corrected chi connectivity index (χ4v) is 4.56. The summed E-state index contributed by atoms with van der Waals surface area (Å²) in [5.41, 5.74) is 1.24. The van der Waals surface area contributed by atoms with Crippen LogP contribution in [0.3, 0.4) is 0 Å². The maximum atomic E-state index is 13.6. The van der Waals surface area contributed by atoms with Gasteiger partial charge in [-0.05, 0) is 37.5 Å². The van der Waals surface area contributed by atoms with Crippen LogP contribution in [0.25, 0.3) is 0 Å². The van der Waals surface area contributed by atoms with Crippen LogP contribution in [-0.2, 0) is 10.2 Å². The Labute approximate surface area is 180 Å². The summed E-state index contributed by atoms with van der Waals surface area (Å²) in [6.45, 7) is 2.79. The molecule has 2 amide bonds. The number of likely N-dealkylation sites (tertiary alicyclic amines) is 1. The van der Waals surface area contributed by atoms with Crippen molar-refractivity contribution < 1.29 is 9.59 Å². The summed E-state index contributed by atoms with van der Waals surface area (Å²) in [6.07, 6.45) is 1.72. The summed E-state index contributed by atoms with van der Waals surface area (Å²) in [6, 6.07) is 18.9. The van der Waals surface area contributed by atoms with Crippen molar-refractivity contribution in [3.05, 3.63) is 83.4 Å². The van der Waals surface area contributed by atoms with E-state index in [0.717, 1.165) is 24.2 Å². The van der Waals surface area contributed by atoms with Gasteiger partial charge in [-0.1, -0.05) is 48.5 Å². The normalized spacial score (nSPS) is 21.6. The topological polar surface area (TPSA) is 91.0 Å². The molecule has 0 unspecified atom stereocenters. The molecule has 1 saturated carbocycles. The number of hydrogen-bond donors (Lipinski definition) is 2. The van der Waals surface area contributed by atoms with Gasteiger partial charge in [-0.25, -0.2) is 4.98 Å². The molecule has 0 radical (unpaired) electrons. The van der Waals surface area contributed by atoms with Gasteiger partial charge in [0.25, 0.3) is 5.91 Å². The zero-order valence-electron chi connectivity index (χ0n) is 17.4. The third kappa shape index (κ3) is 3.60. The Morgan fingerprint density at radius 2 is 1.71 bits per heavy atom. The van der Waals surface area contributed by atoms with Crippen molar-refractivity contribution in [3.8, 4) is 0 Å². The van der Waals surface area contributed by atoms with E-state index in [1.807, 2.05) is 60.4 Å². The highest BCUT2D eigenvalue weighted by molar-refractivity contribution is 5.95. The van der Waals surface area contributed by atoms with Gasteiger partial charge in [-0.3, -0.25) is 14.7 Å². The molecule has 2 aromatic carbocycles. The van der Waals surface area contributed by atoms with Crippen LogP contribution in [-0.4, -0.2) is 51.0 Å². The number of carbonyl (C=O) groups excluding carboxylic acids is 2. The van der Waals surface area contributed by atoms with E-state index in [9.17, 15) is 9.59 Å². The first kappa shape index (κ1) is 19.5. The Hall–Kier alpha value is -3.48. The molecule has 1 aromatic heterocycles. The maximum Gasteiger partial charge on any atom is 0.251 e. The smallest absolute Gasteiger partial charge is 0.251 e. The van der Waals surface area contributed by atoms with Crippen LogP contribution < -0.4 is 5.32 Å². The molecular formula is C24H25N5O2. The fourth-order valence-electron chi connectivity index (χ4n) is 4.56. The van der Waals surface area contributed by atoms with Gasteiger partial charge in [0, 0.05) is 18.7 Å². The lowest BCUT2D eigenvalue weighted by Gasteiger charge is -2.23. The minimum Gasteiger partial charge on any atom is -0.347 e. The molecular weight excluding hydrogens is 390 g/mol. The Morgan fingerprint density at radius 1 is 1.03 bits per heavy atom. The van der Waals surface area contributed by atoms with Crippen LogP contribution in [0.1, 0.15) is 46.3 Å². The molecule has 7 heteroatoms. The number of aromatic amines is 1. The van der Waals surface area contributed by atoms with E-state index in [-0.39, 0.29) is 23.8 Å². The molecule has 2 atom stereocenters. The quantitative estimate of drug-likeness (QED) is 0.670. The van der Waals surface area contributed by atoms with Crippen molar-refractivity contribution in [1.29, 1.82) is 0 Å². The number of hydrogen-bond acceptors (Lipinski definition) is 4. The number of aryl methyl sites for hydroxylation is 1. The lowest BCUT2D eigenvalue weighted by atomic mass is 9.94. The van der Waals surface area contributed by atoms with Crippen LogP contribution in [0.15, 0.2) is 60.7 Å². The predicted octanol–water partition coefficient (Wildman–Crippen LogP) is 2.57. The van der Waals surface area contributed by atoms with Gasteiger partial charge in [0.05, 0.1) is 17.4 Å². The summed E-state index contributed by atoms with van der Waals surface area (Å²) in [4.78, 5) is 32.8. The van der Waals surface area contributed by atoms with E-state index in [4.69, 9.17) is 0 Å². The molecule has 1 saturated heterocycles. The van der Waals surface area contributed by atoms with Crippen molar-refractivity contribution in [2.75, 3.05) is 13.1 Å². The second kappa shape index (κ2) is 7.65. The van der Waals surface area contributed by atoms with E-state index in [1.54, 1.807) is 12.1 Å². The third-order valence-electron chi connectivity index (χ3n) is 6.39. The maximum absolute atomic E-state index is 13.6. The van der Waals surface area contributed by atoms with Crippen molar-refractivity contribution in [2.45, 2.75) is 37.1 Å². The molecule has 5 rings (SSSR count). The monoisotopic (exact) mass is 415 g/mol. The minimum atomic E-state index is -0.431. The third-order valence-corrected chi connectivity index (χ3v) is 6.39. The van der Waals surface area contributed by atoms with Crippen LogP contribution in [0.5, 0.6) is 0 Å². The number of benzene rings is 2. The van der Waals surface area contributed by atoms with Gasteiger partial charge >= 0.3 is 0 Å². The molecule has 1 aliphatic heterocycles. The van der Waals surface area contributed by atoms with E-state index in [2.05, 4.69) is 20.5 Å². The van der Waals surface area contributed by atoms with Crippen LogP contribution in [0.2, 0.25) is 0 Å². The van der Waals surface area contributed by atoms with E-state index < -0.39 is 5.41 Å². The average Bonchev–Trinajstić information content (AvgIpc) is 3.35. The largest absolute Gasteiger partial charge is 0.347 e. The molecule has 2 heterocycles. The Balaban J connectivity index is 1.39. The second-order valence-corrected chi connectivity index (χ2v) is 8.49. The van der Waals surface area contributed by atoms with Gasteiger partial charge < -0.3 is 10.2 Å². The van der Waals surface area contributed by atoms with Gasteiger partial charge in [0.15, 0.2) is 5.82 Å². The summed E-state index contributed by atoms with van der Waals surface area (Å²) < 4.78 is 0. The minimum absolute atomic E-state index is 0.132. The zero-order valence-corrected chi connectivity index (χ0v) is 17.4. The van der Waals surface area contributed by atoms with Crippen molar-refractivity contribution >= 4 is 11.8 Å². The molecule has 31 heavy (non-hydrogen) atoms. The van der Waals surface area contributed by atoms with Gasteiger partial charge in [-0.2, -0.15) is 5.10 Å². The van der Waals surface area contributed by atoms with E-state index in [1.165, 1.54) is 0 Å². The highest BCUT2D eigenvalue weighted by Gasteiger charge is 2.55. The van der Waals surface area contributed by atoms with Crippen LogP contribution >= 0.6 is 0 Å². The van der Waals surface area contributed by atoms with Crippen molar-refractivity contribution in [1.82, 2.24) is 25.4 Å². The average molecular weight is 415 g/mol. The molecule has 3 aromatic rings. The van der Waals surface area contributed by atoms with Crippen LogP contribution in [0, 0.1) is 6.92 Å². The highest BCUT2D eigenvalue weighted by Crippen LogP contribution is 2.50. The Kier molecular flexibility index (Phi) is 4.81. The highest BCUT2D eigenvalue weighted by atomic mass is 16.2. The Morgan fingerprint density at radius 3 is 2.32 bits per heavy atom. The van der Waals surface area contributed by atoms with Gasteiger partial charge in [0.2, 0.25) is 5.91 Å². The first-order valence-corrected chi connectivity index (χ1v) is 10.7. The molecule has 158 valence electrons. The summed E-state index contributed by atoms with van der Waals surface area (Å²) >= 11 is 0. The number of amides is 2. The molecule has 2 N–H and O–H groups in total. The SMILES string of the molecule is Cc1nc([C@@H]2CN(C(=O)C3(c4ccccc4)CC3)C[C@H]2NC(=O)c2ccccc2)n[nH]1. The van der Waals surface area contributed by atoms with Crippen molar-refractivity contribution in [3.63, 3.8) is 0 Å². The number of carbonyl (C=O) groups is 2. The lowest BCUT2D eigenvalue weighted by molar-refractivity contribution is -0.133. The standard InChI is InChI=1S/C24H25N5O2/c1-16-25-21(28-27-16)19-14-29(15-20(19)26-22(30)17-8-4-2-5-9-17)23(31)24(12-13-24)18-10-6-3-7-11-18/h2-11,19-20H,12-15H2,1H3,(H,26,30)(H,25,27,28)/t19-,20-/m1/s1. The van der Waals surface area contributed by atoms with Crippen molar-refractivity contribution in [2.24, 2.45) is 0 Å². The molecule has 2 fully saturated rings. The molecule has 2 aliphatic rings. The number of nitrogens with one attached hydrogen (secondary N) is 2. The Bertz CT molecular complexity index is 1090. The molecule has 7 nitrogen and oxygen atoms in total. The number of aromatic nitrogens is 3. The van der Waals surface area contributed by atoms with Crippen LogP contribution in [0.4, 0.5) is 0 Å². The summed E-state index contributed by atoms with van der Waals surface area (Å²) in [5.74, 6) is 1.17. The molecule has 0 bridgehead atoms. The molecule has 0 spiro atoms. The summed E-state index contributed by atoms with van der Waals surface area (Å²) in [7, 11) is 0. The summed E-state index contributed by atoms with van der Waals surface area (Å²) in [5, 5.41) is 10.3. The van der Waals surface area contributed by atoms with Gasteiger partial charge in [0.1, 0.15) is 5.82 Å². The zero-order chi connectivity index (χ0) is 21.4. The first-order chi connectivity index (χ1) is 15.1. The second-order valence-electron chi connectivity index (χ2n) is 8.49. The predicted molar refractivity (Wildman–Crippen MR) is 115 cm³/mol. The number of rotatable bonds is 5. The van der Waals surface area contributed by atoms with Gasteiger partial charge in [-0.15, -0.1) is 0 Å². The first-order valence-electron chi connectivity index (χ1n) is 10.7. The fraction of sp³-hybridized carbons (Fsp3) is 0.333. The lowest BCUT2D eigenvalue weighted by Crippen LogP contribution is -2.42. The van der Waals surface area contributed by atoms with E-state index in [0.29, 0.717) is 24.5 Å². The van der Waals surface area contributed by atoms with E-state index >= 15 is 0 Å².